The van der Waals surface area contributed by atoms with E-state index in [2.05, 4.69) is 5.32 Å². The van der Waals surface area contributed by atoms with Gasteiger partial charge >= 0.3 is 6.18 Å². The Bertz CT molecular complexity index is 708. The summed E-state index contributed by atoms with van der Waals surface area (Å²) in [7, 11) is 0. The first-order valence-electron chi connectivity index (χ1n) is 7.32. The minimum absolute atomic E-state index is 0.109. The number of carbonyl (C=O) groups excluding carboxylic acids is 1. The number of halogens is 3. The second kappa shape index (κ2) is 6.56. The van der Waals surface area contributed by atoms with Gasteiger partial charge in [0.1, 0.15) is 6.26 Å². The lowest BCUT2D eigenvalue weighted by molar-refractivity contribution is -0.137. The predicted molar refractivity (Wildman–Crippen MR) is 81.1 cm³/mol. The van der Waals surface area contributed by atoms with E-state index in [1.165, 1.54) is 24.7 Å². The van der Waals surface area contributed by atoms with E-state index in [0.717, 1.165) is 12.1 Å². The molecule has 0 saturated carbocycles. The molecule has 1 aliphatic rings. The van der Waals surface area contributed by atoms with Gasteiger partial charge < -0.3 is 19.4 Å². The summed E-state index contributed by atoms with van der Waals surface area (Å²) in [6.07, 6.45) is -1.93. The lowest BCUT2D eigenvalue weighted by atomic mass is 10.1. The smallest absolute Gasteiger partial charge is 0.416 e. The quantitative estimate of drug-likeness (QED) is 0.931. The Morgan fingerprint density at radius 3 is 2.54 bits per heavy atom. The summed E-state index contributed by atoms with van der Waals surface area (Å²) in [4.78, 5) is 14.1. The minimum Gasteiger partial charge on any atom is -0.472 e. The third kappa shape index (κ3) is 3.53. The SMILES string of the molecule is O=C(Nc1cc(C(F)(F)F)ccc1N1CCOCC1)c1ccoc1. The summed E-state index contributed by atoms with van der Waals surface area (Å²) >= 11 is 0. The molecular formula is C16H15F3N2O3. The molecule has 3 rings (SSSR count). The number of nitrogens with zero attached hydrogens (tertiary/aromatic N) is 1. The van der Waals surface area contributed by atoms with E-state index in [9.17, 15) is 18.0 Å². The third-order valence-corrected chi connectivity index (χ3v) is 3.71. The summed E-state index contributed by atoms with van der Waals surface area (Å²) in [5.41, 5.74) is 0.0587. The predicted octanol–water partition coefficient (Wildman–Crippen LogP) is 3.39. The van der Waals surface area contributed by atoms with E-state index in [0.29, 0.717) is 32.0 Å². The molecule has 0 unspecified atom stereocenters. The van der Waals surface area contributed by atoms with Gasteiger partial charge in [-0.2, -0.15) is 13.2 Å². The van der Waals surface area contributed by atoms with Crippen molar-refractivity contribution in [1.82, 2.24) is 0 Å². The van der Waals surface area contributed by atoms with Crippen LogP contribution in [0.25, 0.3) is 0 Å². The Morgan fingerprint density at radius 1 is 1.17 bits per heavy atom. The molecule has 1 amide bonds. The van der Waals surface area contributed by atoms with Gasteiger partial charge in [-0.05, 0) is 24.3 Å². The van der Waals surface area contributed by atoms with Crippen molar-refractivity contribution in [2.45, 2.75) is 6.18 Å². The molecule has 0 atom stereocenters. The molecule has 0 aliphatic carbocycles. The molecule has 1 fully saturated rings. The monoisotopic (exact) mass is 340 g/mol. The van der Waals surface area contributed by atoms with Gasteiger partial charge in [-0.3, -0.25) is 4.79 Å². The van der Waals surface area contributed by atoms with Crippen LogP contribution in [0.4, 0.5) is 24.5 Å². The number of ether oxygens (including phenoxy) is 1. The average Bonchev–Trinajstić information content (AvgIpc) is 3.09. The van der Waals surface area contributed by atoms with Crippen molar-refractivity contribution in [3.8, 4) is 0 Å². The molecule has 0 radical (unpaired) electrons. The standard InChI is InChI=1S/C16H15F3N2O3/c17-16(18,19)12-1-2-14(21-4-7-23-8-5-21)13(9-12)20-15(22)11-3-6-24-10-11/h1-3,6,9-10H,4-5,7-8H2,(H,20,22). The highest BCUT2D eigenvalue weighted by molar-refractivity contribution is 6.05. The number of benzene rings is 1. The first-order chi connectivity index (χ1) is 11.4. The summed E-state index contributed by atoms with van der Waals surface area (Å²) in [6.45, 7) is 2.05. The molecule has 1 N–H and O–H groups in total. The number of hydrogen-bond donors (Lipinski definition) is 1. The van der Waals surface area contributed by atoms with Crippen LogP contribution in [0.15, 0.2) is 41.2 Å². The molecule has 8 heteroatoms. The van der Waals surface area contributed by atoms with E-state index >= 15 is 0 Å². The van der Waals surface area contributed by atoms with Gasteiger partial charge in [0.15, 0.2) is 0 Å². The normalized spacial score (nSPS) is 15.4. The van der Waals surface area contributed by atoms with Crippen LogP contribution >= 0.6 is 0 Å². The molecule has 1 aromatic carbocycles. The number of rotatable bonds is 3. The van der Waals surface area contributed by atoms with E-state index in [1.54, 1.807) is 0 Å². The van der Waals surface area contributed by atoms with Gasteiger partial charge in [0, 0.05) is 13.1 Å². The lowest BCUT2D eigenvalue weighted by Crippen LogP contribution is -2.36. The summed E-state index contributed by atoms with van der Waals surface area (Å²) in [6, 6.07) is 4.78. The topological polar surface area (TPSA) is 54.7 Å². The van der Waals surface area contributed by atoms with Gasteiger partial charge in [0.25, 0.3) is 5.91 Å². The highest BCUT2D eigenvalue weighted by Gasteiger charge is 2.32. The molecule has 2 heterocycles. The number of hydrogen-bond acceptors (Lipinski definition) is 4. The number of furan rings is 1. The third-order valence-electron chi connectivity index (χ3n) is 3.71. The zero-order chi connectivity index (χ0) is 17.2. The molecule has 2 aromatic rings. The molecule has 0 spiro atoms. The van der Waals surface area contributed by atoms with Crippen LogP contribution in [0.1, 0.15) is 15.9 Å². The second-order valence-electron chi connectivity index (χ2n) is 5.30. The van der Waals surface area contributed by atoms with Crippen LogP contribution in [0.2, 0.25) is 0 Å². The lowest BCUT2D eigenvalue weighted by Gasteiger charge is -2.31. The molecule has 1 aliphatic heterocycles. The number of carbonyl (C=O) groups is 1. The zero-order valence-electron chi connectivity index (χ0n) is 12.6. The molecular weight excluding hydrogens is 325 g/mol. The van der Waals surface area contributed by atoms with Crippen molar-refractivity contribution in [3.63, 3.8) is 0 Å². The Kier molecular flexibility index (Phi) is 4.48. The van der Waals surface area contributed by atoms with Crippen LogP contribution in [0.5, 0.6) is 0 Å². The molecule has 5 nitrogen and oxygen atoms in total. The average molecular weight is 340 g/mol. The van der Waals surface area contributed by atoms with Crippen LogP contribution in [0.3, 0.4) is 0 Å². The number of morpholine rings is 1. The van der Waals surface area contributed by atoms with Crippen molar-refractivity contribution >= 4 is 17.3 Å². The van der Waals surface area contributed by atoms with E-state index in [4.69, 9.17) is 9.15 Å². The van der Waals surface area contributed by atoms with Gasteiger partial charge in [-0.1, -0.05) is 0 Å². The fraction of sp³-hybridized carbons (Fsp3) is 0.312. The first kappa shape index (κ1) is 16.4. The van der Waals surface area contributed by atoms with E-state index < -0.39 is 17.6 Å². The fourth-order valence-electron chi connectivity index (χ4n) is 2.48. The summed E-state index contributed by atoms with van der Waals surface area (Å²) in [5, 5.41) is 2.54. The number of anilines is 2. The van der Waals surface area contributed by atoms with E-state index in [1.807, 2.05) is 4.90 Å². The van der Waals surface area contributed by atoms with Gasteiger partial charge in [0.2, 0.25) is 0 Å². The van der Waals surface area contributed by atoms with Crippen molar-refractivity contribution in [2.24, 2.45) is 0 Å². The van der Waals surface area contributed by atoms with Crippen LogP contribution < -0.4 is 10.2 Å². The van der Waals surface area contributed by atoms with Crippen LogP contribution in [-0.2, 0) is 10.9 Å². The summed E-state index contributed by atoms with van der Waals surface area (Å²) in [5.74, 6) is -0.530. The maximum atomic E-state index is 13.0. The largest absolute Gasteiger partial charge is 0.472 e. The van der Waals surface area contributed by atoms with Crippen LogP contribution in [0, 0.1) is 0 Å². The van der Waals surface area contributed by atoms with Crippen molar-refractivity contribution in [3.05, 3.63) is 47.9 Å². The van der Waals surface area contributed by atoms with Gasteiger partial charge in [-0.25, -0.2) is 0 Å². The second-order valence-corrected chi connectivity index (χ2v) is 5.30. The fourth-order valence-corrected chi connectivity index (χ4v) is 2.48. The van der Waals surface area contributed by atoms with E-state index in [-0.39, 0.29) is 11.3 Å². The number of nitrogens with one attached hydrogen (secondary N) is 1. The zero-order valence-corrected chi connectivity index (χ0v) is 12.6. The highest BCUT2D eigenvalue weighted by Crippen LogP contribution is 2.36. The molecule has 24 heavy (non-hydrogen) atoms. The van der Waals surface area contributed by atoms with Gasteiger partial charge in [0.05, 0.1) is 42.0 Å². The number of alkyl halides is 3. The van der Waals surface area contributed by atoms with Crippen molar-refractivity contribution in [1.29, 1.82) is 0 Å². The van der Waals surface area contributed by atoms with Gasteiger partial charge in [-0.15, -0.1) is 0 Å². The molecule has 0 bridgehead atoms. The first-order valence-corrected chi connectivity index (χ1v) is 7.32. The minimum atomic E-state index is -4.49. The summed E-state index contributed by atoms with van der Waals surface area (Å²) < 4.78 is 49.1. The molecule has 128 valence electrons. The van der Waals surface area contributed by atoms with Crippen molar-refractivity contribution in [2.75, 3.05) is 36.5 Å². The Labute approximate surface area is 136 Å². The molecule has 1 saturated heterocycles. The maximum absolute atomic E-state index is 13.0. The molecule has 1 aromatic heterocycles. The number of amides is 1. The van der Waals surface area contributed by atoms with Crippen LogP contribution in [-0.4, -0.2) is 32.2 Å². The highest BCUT2D eigenvalue weighted by atomic mass is 19.4. The Balaban J connectivity index is 1.94. The van der Waals surface area contributed by atoms with Crippen molar-refractivity contribution < 1.29 is 27.1 Å². The Morgan fingerprint density at radius 2 is 1.92 bits per heavy atom. The maximum Gasteiger partial charge on any atom is 0.416 e. The Hall–Kier alpha value is -2.48.